The Labute approximate surface area is 118 Å². The van der Waals surface area contributed by atoms with Crippen molar-refractivity contribution in [3.8, 4) is 0 Å². The molecule has 2 N–H and O–H groups in total. The second-order valence-corrected chi connectivity index (χ2v) is 5.11. The highest BCUT2D eigenvalue weighted by atomic mass is 79.9. The van der Waals surface area contributed by atoms with Gasteiger partial charge in [-0.2, -0.15) is 0 Å². The molecule has 2 rings (SSSR count). The SMILES string of the molecule is Cc1cnc(C(N)Cc2c(F)ccc(Br)c2F)nc1. The van der Waals surface area contributed by atoms with Crippen LogP contribution in [0.5, 0.6) is 0 Å². The van der Waals surface area contributed by atoms with Crippen LogP contribution in [0.2, 0.25) is 0 Å². The standard InChI is InChI=1S/C13H12BrF2N3/c1-7-5-18-13(19-6-7)11(17)4-8-10(15)3-2-9(14)12(8)16/h2-3,5-6,11H,4,17H2,1H3. The Morgan fingerprint density at radius 3 is 2.53 bits per heavy atom. The van der Waals surface area contributed by atoms with E-state index in [2.05, 4.69) is 25.9 Å². The number of rotatable bonds is 3. The second kappa shape index (κ2) is 5.71. The van der Waals surface area contributed by atoms with Gasteiger partial charge in [-0.3, -0.25) is 0 Å². The van der Waals surface area contributed by atoms with Gasteiger partial charge in [0.25, 0.3) is 0 Å². The first kappa shape index (κ1) is 14.0. The third kappa shape index (κ3) is 3.13. The van der Waals surface area contributed by atoms with E-state index in [4.69, 9.17) is 5.73 Å². The molecule has 2 aromatic rings. The van der Waals surface area contributed by atoms with E-state index in [9.17, 15) is 8.78 Å². The first-order chi connectivity index (χ1) is 8.99. The van der Waals surface area contributed by atoms with Crippen LogP contribution in [0.3, 0.4) is 0 Å². The van der Waals surface area contributed by atoms with Gasteiger partial charge in [0, 0.05) is 24.4 Å². The van der Waals surface area contributed by atoms with E-state index in [1.54, 1.807) is 12.4 Å². The van der Waals surface area contributed by atoms with Gasteiger partial charge in [0.15, 0.2) is 0 Å². The molecule has 3 nitrogen and oxygen atoms in total. The molecule has 0 saturated carbocycles. The molecule has 0 aliphatic rings. The van der Waals surface area contributed by atoms with Gasteiger partial charge < -0.3 is 5.73 Å². The van der Waals surface area contributed by atoms with E-state index < -0.39 is 17.7 Å². The maximum Gasteiger partial charge on any atom is 0.145 e. The first-order valence-electron chi connectivity index (χ1n) is 5.65. The van der Waals surface area contributed by atoms with Gasteiger partial charge in [0.05, 0.1) is 10.5 Å². The van der Waals surface area contributed by atoms with Crippen LogP contribution >= 0.6 is 15.9 Å². The fraction of sp³-hybridized carbons (Fsp3) is 0.231. The zero-order chi connectivity index (χ0) is 14.0. The van der Waals surface area contributed by atoms with Gasteiger partial charge >= 0.3 is 0 Å². The summed E-state index contributed by atoms with van der Waals surface area (Å²) in [4.78, 5) is 8.13. The van der Waals surface area contributed by atoms with Gasteiger partial charge in [-0.1, -0.05) is 0 Å². The fourth-order valence-electron chi connectivity index (χ4n) is 1.66. The molecule has 1 aromatic heterocycles. The molecular formula is C13H12BrF2N3. The van der Waals surface area contributed by atoms with Crippen LogP contribution in [-0.4, -0.2) is 9.97 Å². The van der Waals surface area contributed by atoms with Gasteiger partial charge in [-0.05, 0) is 40.5 Å². The van der Waals surface area contributed by atoms with Gasteiger partial charge in [-0.25, -0.2) is 18.7 Å². The van der Waals surface area contributed by atoms with Crippen LogP contribution in [0.25, 0.3) is 0 Å². The van der Waals surface area contributed by atoms with E-state index in [-0.39, 0.29) is 16.5 Å². The van der Waals surface area contributed by atoms with Crippen molar-refractivity contribution in [2.24, 2.45) is 5.73 Å². The predicted molar refractivity (Wildman–Crippen MR) is 71.5 cm³/mol. The van der Waals surface area contributed by atoms with Crippen molar-refractivity contribution < 1.29 is 8.78 Å². The zero-order valence-corrected chi connectivity index (χ0v) is 11.8. The molecule has 6 heteroatoms. The number of benzene rings is 1. The number of hydrogen-bond donors (Lipinski definition) is 1. The summed E-state index contributed by atoms with van der Waals surface area (Å²) in [6.07, 6.45) is 3.24. The lowest BCUT2D eigenvalue weighted by Crippen LogP contribution is -2.18. The summed E-state index contributed by atoms with van der Waals surface area (Å²) >= 11 is 3.02. The summed E-state index contributed by atoms with van der Waals surface area (Å²) in [5, 5.41) is 0. The second-order valence-electron chi connectivity index (χ2n) is 4.25. The summed E-state index contributed by atoms with van der Waals surface area (Å²) in [5.74, 6) is -0.893. The number of aryl methyl sites for hydroxylation is 1. The lowest BCUT2D eigenvalue weighted by Gasteiger charge is -2.12. The Balaban J connectivity index is 2.26. The molecule has 0 amide bonds. The average molecular weight is 328 g/mol. The quantitative estimate of drug-likeness (QED) is 0.881. The molecule has 100 valence electrons. The first-order valence-corrected chi connectivity index (χ1v) is 6.45. The monoisotopic (exact) mass is 327 g/mol. The van der Waals surface area contributed by atoms with Crippen molar-refractivity contribution in [2.45, 2.75) is 19.4 Å². The highest BCUT2D eigenvalue weighted by Gasteiger charge is 2.18. The topological polar surface area (TPSA) is 51.8 Å². The number of hydrogen-bond acceptors (Lipinski definition) is 3. The smallest absolute Gasteiger partial charge is 0.145 e. The Morgan fingerprint density at radius 2 is 1.89 bits per heavy atom. The van der Waals surface area contributed by atoms with Gasteiger partial charge in [0.1, 0.15) is 17.5 Å². The zero-order valence-electron chi connectivity index (χ0n) is 10.2. The van der Waals surface area contributed by atoms with Crippen LogP contribution in [-0.2, 0) is 6.42 Å². The molecule has 1 unspecified atom stereocenters. The van der Waals surface area contributed by atoms with E-state index in [1.807, 2.05) is 6.92 Å². The van der Waals surface area contributed by atoms with Crippen LogP contribution < -0.4 is 5.73 Å². The summed E-state index contributed by atoms with van der Waals surface area (Å²) in [6, 6.07) is 1.87. The summed E-state index contributed by atoms with van der Waals surface area (Å²) in [5.41, 5.74) is 6.73. The fourth-order valence-corrected chi connectivity index (χ4v) is 2.03. The highest BCUT2D eigenvalue weighted by molar-refractivity contribution is 9.10. The van der Waals surface area contributed by atoms with E-state index >= 15 is 0 Å². The van der Waals surface area contributed by atoms with E-state index in [1.165, 1.54) is 12.1 Å². The number of aromatic nitrogens is 2. The summed E-state index contributed by atoms with van der Waals surface area (Å²) in [7, 11) is 0. The summed E-state index contributed by atoms with van der Waals surface area (Å²) < 4.78 is 27.6. The minimum absolute atomic E-state index is 0.000166. The molecule has 0 aliphatic heterocycles. The Hall–Kier alpha value is -1.40. The van der Waals surface area contributed by atoms with Crippen LogP contribution in [0.1, 0.15) is 23.0 Å². The predicted octanol–water partition coefficient (Wildman–Crippen LogP) is 3.07. The van der Waals surface area contributed by atoms with Crippen molar-refractivity contribution in [1.29, 1.82) is 0 Å². The number of nitrogens with two attached hydrogens (primary N) is 1. The van der Waals surface area contributed by atoms with Crippen molar-refractivity contribution in [3.05, 3.63) is 57.6 Å². The van der Waals surface area contributed by atoms with Crippen LogP contribution in [0, 0.1) is 18.6 Å². The highest BCUT2D eigenvalue weighted by Crippen LogP contribution is 2.24. The van der Waals surface area contributed by atoms with Crippen molar-refractivity contribution >= 4 is 15.9 Å². The largest absolute Gasteiger partial charge is 0.321 e. The Bertz CT molecular complexity index is 587. The van der Waals surface area contributed by atoms with E-state index in [0.29, 0.717) is 5.82 Å². The van der Waals surface area contributed by atoms with Crippen molar-refractivity contribution in [1.82, 2.24) is 9.97 Å². The Morgan fingerprint density at radius 1 is 1.26 bits per heavy atom. The number of nitrogens with zero attached hydrogens (tertiary/aromatic N) is 2. The molecule has 1 aromatic carbocycles. The number of halogens is 3. The van der Waals surface area contributed by atoms with Crippen molar-refractivity contribution in [3.63, 3.8) is 0 Å². The maximum absolute atomic E-state index is 13.8. The van der Waals surface area contributed by atoms with Gasteiger partial charge in [0.2, 0.25) is 0 Å². The maximum atomic E-state index is 13.8. The molecule has 0 aliphatic carbocycles. The molecular weight excluding hydrogens is 316 g/mol. The average Bonchev–Trinajstić information content (AvgIpc) is 2.40. The van der Waals surface area contributed by atoms with Crippen molar-refractivity contribution in [2.75, 3.05) is 0 Å². The van der Waals surface area contributed by atoms with Crippen LogP contribution in [0.15, 0.2) is 29.0 Å². The molecule has 0 saturated heterocycles. The molecule has 1 atom stereocenters. The molecule has 0 spiro atoms. The minimum Gasteiger partial charge on any atom is -0.321 e. The van der Waals surface area contributed by atoms with Crippen LogP contribution in [0.4, 0.5) is 8.78 Å². The summed E-state index contributed by atoms with van der Waals surface area (Å²) in [6.45, 7) is 1.85. The minimum atomic E-state index is -0.654. The normalized spacial score (nSPS) is 12.5. The lowest BCUT2D eigenvalue weighted by molar-refractivity contribution is 0.530. The third-order valence-corrected chi connectivity index (χ3v) is 3.31. The Kier molecular flexibility index (Phi) is 4.21. The third-order valence-electron chi connectivity index (χ3n) is 2.70. The van der Waals surface area contributed by atoms with Gasteiger partial charge in [-0.15, -0.1) is 0 Å². The molecule has 0 bridgehead atoms. The molecule has 19 heavy (non-hydrogen) atoms. The lowest BCUT2D eigenvalue weighted by atomic mass is 10.0. The molecule has 1 heterocycles. The van der Waals surface area contributed by atoms with E-state index in [0.717, 1.165) is 5.56 Å². The molecule has 0 fully saturated rings. The molecule has 0 radical (unpaired) electrons.